The summed E-state index contributed by atoms with van der Waals surface area (Å²) in [7, 11) is 1.59. The molecule has 0 aromatic carbocycles. The Kier molecular flexibility index (Phi) is 3.94. The lowest BCUT2D eigenvalue weighted by Gasteiger charge is -2.32. The molecule has 4 heteroatoms. The second-order valence-corrected chi connectivity index (χ2v) is 2.77. The van der Waals surface area contributed by atoms with Gasteiger partial charge in [0.15, 0.2) is 12.6 Å². The Morgan fingerprint density at radius 1 is 1.50 bits per heavy atom. The Morgan fingerprint density at radius 3 is 2.83 bits per heavy atom. The summed E-state index contributed by atoms with van der Waals surface area (Å²) < 4.78 is 15.5. The van der Waals surface area contributed by atoms with Crippen LogP contribution in [0, 0.1) is 0 Å². The van der Waals surface area contributed by atoms with Gasteiger partial charge >= 0.3 is 0 Å². The smallest absolute Gasteiger partial charge is 0.186 e. The molecule has 0 bridgehead atoms. The largest absolute Gasteiger partial charge is 0.388 e. The Hall–Kier alpha value is -0.160. The van der Waals surface area contributed by atoms with Gasteiger partial charge in [0.2, 0.25) is 0 Å². The van der Waals surface area contributed by atoms with Gasteiger partial charge in [-0.25, -0.2) is 0 Å². The van der Waals surface area contributed by atoms with E-state index in [-0.39, 0.29) is 6.29 Å². The van der Waals surface area contributed by atoms with Crippen molar-refractivity contribution in [3.05, 3.63) is 0 Å². The first-order valence-corrected chi connectivity index (χ1v) is 4.25. The molecule has 1 saturated heterocycles. The maximum Gasteiger partial charge on any atom is 0.186 e. The Balaban J connectivity index is 2.36. The molecular weight excluding hydrogens is 160 g/mol. The second kappa shape index (κ2) is 4.77. The highest BCUT2D eigenvalue weighted by molar-refractivity contribution is 4.68. The van der Waals surface area contributed by atoms with Crippen LogP contribution in [0.15, 0.2) is 0 Å². The second-order valence-electron chi connectivity index (χ2n) is 2.77. The van der Waals surface area contributed by atoms with Gasteiger partial charge in [-0.3, -0.25) is 0 Å². The lowest BCUT2D eigenvalue weighted by Crippen LogP contribution is -2.41. The molecule has 72 valence electrons. The van der Waals surface area contributed by atoms with Crippen LogP contribution >= 0.6 is 0 Å². The van der Waals surface area contributed by atoms with Gasteiger partial charge in [0.05, 0.1) is 0 Å². The van der Waals surface area contributed by atoms with Gasteiger partial charge in [-0.2, -0.15) is 0 Å². The average Bonchev–Trinajstić information content (AvgIpc) is 2.09. The van der Waals surface area contributed by atoms with Crippen LogP contribution in [0.5, 0.6) is 0 Å². The van der Waals surface area contributed by atoms with Crippen molar-refractivity contribution < 1.29 is 19.3 Å². The van der Waals surface area contributed by atoms with Gasteiger partial charge in [-0.05, 0) is 13.3 Å². The first-order chi connectivity index (χ1) is 5.77. The van der Waals surface area contributed by atoms with Crippen LogP contribution < -0.4 is 0 Å². The average molecular weight is 176 g/mol. The fourth-order valence-corrected chi connectivity index (χ4v) is 1.24. The molecule has 0 spiro atoms. The van der Waals surface area contributed by atoms with E-state index in [1.54, 1.807) is 7.11 Å². The highest BCUT2D eigenvalue weighted by Gasteiger charge is 2.29. The van der Waals surface area contributed by atoms with Crippen LogP contribution in [-0.4, -0.2) is 37.5 Å². The van der Waals surface area contributed by atoms with Crippen molar-refractivity contribution in [3.63, 3.8) is 0 Å². The fraction of sp³-hybridized carbons (Fsp3) is 1.00. The molecular formula is C8H16O4. The molecule has 0 aliphatic carbocycles. The van der Waals surface area contributed by atoms with Crippen molar-refractivity contribution in [2.45, 2.75) is 38.4 Å². The number of ether oxygens (including phenoxy) is 3. The summed E-state index contributed by atoms with van der Waals surface area (Å²) in [6, 6.07) is 0. The van der Waals surface area contributed by atoms with E-state index in [1.807, 2.05) is 6.92 Å². The lowest BCUT2D eigenvalue weighted by atomic mass is 10.1. The molecule has 0 aromatic heterocycles. The third kappa shape index (κ3) is 2.42. The van der Waals surface area contributed by atoms with Crippen molar-refractivity contribution in [3.8, 4) is 0 Å². The summed E-state index contributed by atoms with van der Waals surface area (Å²) in [6.07, 6.45) is 0.125. The van der Waals surface area contributed by atoms with Crippen molar-refractivity contribution in [2.75, 3.05) is 13.7 Å². The Bertz CT molecular complexity index is 128. The predicted molar refractivity (Wildman–Crippen MR) is 42.5 cm³/mol. The van der Waals surface area contributed by atoms with Crippen LogP contribution in [0.3, 0.4) is 0 Å². The summed E-state index contributed by atoms with van der Waals surface area (Å²) in [5.74, 6) is 0. The molecule has 12 heavy (non-hydrogen) atoms. The summed E-state index contributed by atoms with van der Waals surface area (Å²) >= 11 is 0. The number of aliphatic hydroxyl groups excluding tert-OH is 1. The van der Waals surface area contributed by atoms with Crippen LogP contribution in [0.1, 0.15) is 19.8 Å². The van der Waals surface area contributed by atoms with Crippen molar-refractivity contribution >= 4 is 0 Å². The first kappa shape index (κ1) is 9.92. The van der Waals surface area contributed by atoms with E-state index in [2.05, 4.69) is 0 Å². The molecule has 0 amide bonds. The SMILES string of the molecule is CCO[C@@H]1OC(OC)CC[C@H]1O. The lowest BCUT2D eigenvalue weighted by molar-refractivity contribution is -0.290. The minimum absolute atomic E-state index is 0.232. The molecule has 0 radical (unpaired) electrons. The summed E-state index contributed by atoms with van der Waals surface area (Å²) in [6.45, 7) is 2.41. The first-order valence-electron chi connectivity index (χ1n) is 4.25. The van der Waals surface area contributed by atoms with E-state index in [4.69, 9.17) is 14.2 Å². The predicted octanol–water partition coefficient (Wildman–Crippen LogP) is 0.493. The molecule has 1 rings (SSSR count). The van der Waals surface area contributed by atoms with E-state index in [0.717, 1.165) is 6.42 Å². The molecule has 1 fully saturated rings. The zero-order valence-corrected chi connectivity index (χ0v) is 7.53. The summed E-state index contributed by atoms with van der Waals surface area (Å²) in [4.78, 5) is 0. The van der Waals surface area contributed by atoms with Crippen LogP contribution in [0.4, 0.5) is 0 Å². The van der Waals surface area contributed by atoms with Gasteiger partial charge in [0.25, 0.3) is 0 Å². The van der Waals surface area contributed by atoms with Gasteiger partial charge in [-0.15, -0.1) is 0 Å². The third-order valence-corrected chi connectivity index (χ3v) is 1.89. The Morgan fingerprint density at radius 2 is 2.25 bits per heavy atom. The van der Waals surface area contributed by atoms with Crippen molar-refractivity contribution in [2.24, 2.45) is 0 Å². The van der Waals surface area contributed by atoms with Gasteiger partial charge in [-0.1, -0.05) is 0 Å². The summed E-state index contributed by atoms with van der Waals surface area (Å²) in [5, 5.41) is 9.41. The quantitative estimate of drug-likeness (QED) is 0.680. The van der Waals surface area contributed by atoms with E-state index in [1.165, 1.54) is 0 Å². The highest BCUT2D eigenvalue weighted by Crippen LogP contribution is 2.20. The number of hydrogen-bond acceptors (Lipinski definition) is 4. The number of hydrogen-bond donors (Lipinski definition) is 1. The Labute approximate surface area is 72.4 Å². The molecule has 0 aromatic rings. The van der Waals surface area contributed by atoms with Gasteiger partial charge in [0, 0.05) is 20.1 Å². The fourth-order valence-electron chi connectivity index (χ4n) is 1.24. The normalized spacial score (nSPS) is 36.8. The standard InChI is InChI=1S/C8H16O4/c1-3-11-8-6(9)4-5-7(10-2)12-8/h6-9H,3-5H2,1-2H3/t6-,7?,8-/m1/s1. The molecule has 1 unspecified atom stereocenters. The molecule has 3 atom stereocenters. The summed E-state index contributed by atoms with van der Waals surface area (Å²) in [5.41, 5.74) is 0. The van der Waals surface area contributed by atoms with Crippen LogP contribution in [0.25, 0.3) is 0 Å². The van der Waals surface area contributed by atoms with Crippen molar-refractivity contribution in [1.82, 2.24) is 0 Å². The monoisotopic (exact) mass is 176 g/mol. The zero-order valence-electron chi connectivity index (χ0n) is 7.53. The highest BCUT2D eigenvalue weighted by atomic mass is 16.8. The van der Waals surface area contributed by atoms with Gasteiger partial charge in [0.1, 0.15) is 6.10 Å². The van der Waals surface area contributed by atoms with E-state index in [9.17, 15) is 5.11 Å². The van der Waals surface area contributed by atoms with E-state index < -0.39 is 12.4 Å². The molecule has 1 heterocycles. The van der Waals surface area contributed by atoms with E-state index >= 15 is 0 Å². The molecule has 1 N–H and O–H groups in total. The minimum Gasteiger partial charge on any atom is -0.388 e. The molecule has 4 nitrogen and oxygen atoms in total. The van der Waals surface area contributed by atoms with E-state index in [0.29, 0.717) is 13.0 Å². The maximum atomic E-state index is 9.41. The maximum absolute atomic E-state index is 9.41. The third-order valence-electron chi connectivity index (χ3n) is 1.89. The molecule has 1 aliphatic rings. The number of methoxy groups -OCH3 is 1. The van der Waals surface area contributed by atoms with Gasteiger partial charge < -0.3 is 19.3 Å². The zero-order chi connectivity index (χ0) is 8.97. The van der Waals surface area contributed by atoms with Crippen LogP contribution in [0.2, 0.25) is 0 Å². The molecule has 0 saturated carbocycles. The van der Waals surface area contributed by atoms with Crippen LogP contribution in [-0.2, 0) is 14.2 Å². The van der Waals surface area contributed by atoms with Crippen molar-refractivity contribution in [1.29, 1.82) is 0 Å². The topological polar surface area (TPSA) is 47.9 Å². The minimum atomic E-state index is -0.520. The molecule has 1 aliphatic heterocycles. The number of rotatable bonds is 3. The number of aliphatic hydroxyl groups is 1.